The summed E-state index contributed by atoms with van der Waals surface area (Å²) in [5.74, 6) is 0.241. The van der Waals surface area contributed by atoms with Crippen LogP contribution in [0.1, 0.15) is 47.6 Å². The van der Waals surface area contributed by atoms with E-state index in [0.29, 0.717) is 47.6 Å². The summed E-state index contributed by atoms with van der Waals surface area (Å²) < 4.78 is 5.27. The number of nitrogens with zero attached hydrogens (tertiary/aromatic N) is 2. The first-order valence-electron chi connectivity index (χ1n) is 7.35. The van der Waals surface area contributed by atoms with Gasteiger partial charge in [-0.05, 0) is 37.8 Å². The van der Waals surface area contributed by atoms with Crippen molar-refractivity contribution in [3.8, 4) is 11.8 Å². The third-order valence-electron chi connectivity index (χ3n) is 4.56. The van der Waals surface area contributed by atoms with E-state index in [9.17, 15) is 15.2 Å². The topological polar surface area (TPSA) is 73.6 Å². The highest BCUT2D eigenvalue weighted by atomic mass is 35.5. The number of fused-ring (bicyclic) bond motifs is 1. The first-order valence-corrected chi connectivity index (χ1v) is 7.73. The Balaban J connectivity index is 2.03. The number of rotatable bonds is 2. The number of aliphatic hydroxyl groups is 1. The Bertz CT molecular complexity index is 648. The molecule has 1 atom stereocenters. The van der Waals surface area contributed by atoms with Crippen molar-refractivity contribution in [2.45, 2.75) is 43.9 Å². The van der Waals surface area contributed by atoms with Crippen LogP contribution in [0.5, 0.6) is 5.75 Å². The van der Waals surface area contributed by atoms with Gasteiger partial charge in [0.1, 0.15) is 11.8 Å². The molecule has 1 unspecified atom stereocenters. The molecule has 1 amide bonds. The van der Waals surface area contributed by atoms with Gasteiger partial charge in [-0.25, -0.2) is 0 Å². The summed E-state index contributed by atoms with van der Waals surface area (Å²) in [6.45, 7) is 0. The van der Waals surface area contributed by atoms with Crippen LogP contribution in [-0.4, -0.2) is 35.2 Å². The second kappa shape index (κ2) is 5.79. The van der Waals surface area contributed by atoms with Crippen molar-refractivity contribution in [2.75, 3.05) is 7.11 Å². The highest BCUT2D eigenvalue weighted by Gasteiger charge is 2.44. The maximum atomic E-state index is 12.9. The van der Waals surface area contributed by atoms with Crippen molar-refractivity contribution >= 4 is 17.5 Å². The molecule has 116 valence electrons. The molecule has 0 bridgehead atoms. The van der Waals surface area contributed by atoms with Gasteiger partial charge in [-0.3, -0.25) is 4.79 Å². The Kier molecular flexibility index (Phi) is 3.98. The van der Waals surface area contributed by atoms with E-state index in [-0.39, 0.29) is 18.1 Å². The Labute approximate surface area is 134 Å². The largest absolute Gasteiger partial charge is 0.496 e. The average Bonchev–Trinajstić information content (AvgIpc) is 2.83. The SMILES string of the molecule is COc1ccc(Cl)c2c1C(=O)N(C1CCC(O)CC1)C2C#N. The third kappa shape index (κ3) is 2.23. The number of halogens is 1. The fourth-order valence-electron chi connectivity index (χ4n) is 3.46. The molecule has 1 heterocycles. The first-order chi connectivity index (χ1) is 10.6. The van der Waals surface area contributed by atoms with Crippen LogP contribution in [-0.2, 0) is 0 Å². The lowest BCUT2D eigenvalue weighted by Gasteiger charge is -2.34. The van der Waals surface area contributed by atoms with Crippen LogP contribution in [0.25, 0.3) is 0 Å². The lowest BCUT2D eigenvalue weighted by Crippen LogP contribution is -2.41. The number of benzene rings is 1. The van der Waals surface area contributed by atoms with E-state index in [2.05, 4.69) is 6.07 Å². The van der Waals surface area contributed by atoms with E-state index in [1.807, 2.05) is 0 Å². The molecule has 2 aliphatic rings. The van der Waals surface area contributed by atoms with Gasteiger partial charge in [-0.1, -0.05) is 11.6 Å². The minimum atomic E-state index is -0.689. The van der Waals surface area contributed by atoms with Gasteiger partial charge in [0.25, 0.3) is 5.91 Å². The summed E-state index contributed by atoms with van der Waals surface area (Å²) in [6, 6.07) is 4.78. The van der Waals surface area contributed by atoms with Crippen LogP contribution in [0.15, 0.2) is 12.1 Å². The van der Waals surface area contributed by atoms with Crippen LogP contribution >= 0.6 is 11.6 Å². The molecule has 0 radical (unpaired) electrons. The molecule has 6 heteroatoms. The summed E-state index contributed by atoms with van der Waals surface area (Å²) in [5, 5.41) is 19.6. The number of amides is 1. The predicted octanol–water partition coefficient (Wildman–Crippen LogP) is 2.67. The number of hydrogen-bond donors (Lipinski definition) is 1. The molecule has 0 spiro atoms. The molecule has 3 rings (SSSR count). The minimum Gasteiger partial charge on any atom is -0.496 e. The van der Waals surface area contributed by atoms with E-state index in [1.165, 1.54) is 7.11 Å². The molecule has 1 N–H and O–H groups in total. The van der Waals surface area contributed by atoms with E-state index < -0.39 is 6.04 Å². The van der Waals surface area contributed by atoms with Gasteiger partial charge in [0.15, 0.2) is 0 Å². The smallest absolute Gasteiger partial charge is 0.259 e. The molecular formula is C16H17ClN2O3. The average molecular weight is 321 g/mol. The second-order valence-corrected chi connectivity index (χ2v) is 6.15. The van der Waals surface area contributed by atoms with E-state index in [1.54, 1.807) is 17.0 Å². The summed E-state index contributed by atoms with van der Waals surface area (Å²) in [7, 11) is 1.50. The van der Waals surface area contributed by atoms with Crippen LogP contribution in [0, 0.1) is 11.3 Å². The molecule has 1 aliphatic carbocycles. The zero-order valence-electron chi connectivity index (χ0n) is 12.3. The maximum Gasteiger partial charge on any atom is 0.259 e. The molecule has 22 heavy (non-hydrogen) atoms. The van der Waals surface area contributed by atoms with E-state index in [0.717, 1.165) is 0 Å². The molecule has 1 aliphatic heterocycles. The maximum absolute atomic E-state index is 12.9. The van der Waals surface area contributed by atoms with Gasteiger partial charge in [0.2, 0.25) is 0 Å². The fourth-order valence-corrected chi connectivity index (χ4v) is 3.72. The molecule has 0 aromatic heterocycles. The van der Waals surface area contributed by atoms with E-state index in [4.69, 9.17) is 16.3 Å². The fraction of sp³-hybridized carbons (Fsp3) is 0.500. The van der Waals surface area contributed by atoms with Gasteiger partial charge in [-0.2, -0.15) is 5.26 Å². The molecule has 1 aromatic carbocycles. The van der Waals surface area contributed by atoms with Crippen molar-refractivity contribution in [3.05, 3.63) is 28.3 Å². The Morgan fingerprint density at radius 1 is 1.36 bits per heavy atom. The standard InChI is InChI=1S/C16H17ClN2O3/c1-22-13-7-6-11(17)14-12(8-18)19(16(21)15(13)14)9-2-4-10(20)5-3-9/h6-7,9-10,12,20H,2-5H2,1H3. The lowest BCUT2D eigenvalue weighted by molar-refractivity contribution is 0.0478. The summed E-state index contributed by atoms with van der Waals surface area (Å²) >= 11 is 6.24. The van der Waals surface area contributed by atoms with Crippen molar-refractivity contribution < 1.29 is 14.6 Å². The second-order valence-electron chi connectivity index (χ2n) is 5.74. The number of aliphatic hydroxyl groups excluding tert-OH is 1. The van der Waals surface area contributed by atoms with Gasteiger partial charge in [0.05, 0.1) is 24.8 Å². The van der Waals surface area contributed by atoms with Crippen LogP contribution in [0.2, 0.25) is 5.02 Å². The minimum absolute atomic E-state index is 0.0475. The monoisotopic (exact) mass is 320 g/mol. The highest BCUT2D eigenvalue weighted by molar-refractivity contribution is 6.32. The lowest BCUT2D eigenvalue weighted by atomic mass is 9.91. The Morgan fingerprint density at radius 2 is 2.05 bits per heavy atom. The highest BCUT2D eigenvalue weighted by Crippen LogP contribution is 2.45. The zero-order valence-corrected chi connectivity index (χ0v) is 13.0. The van der Waals surface area contributed by atoms with Crippen molar-refractivity contribution in [2.24, 2.45) is 0 Å². The van der Waals surface area contributed by atoms with Crippen LogP contribution < -0.4 is 4.74 Å². The Hall–Kier alpha value is -1.77. The summed E-state index contributed by atoms with van der Waals surface area (Å²) in [5.41, 5.74) is 0.937. The van der Waals surface area contributed by atoms with Crippen LogP contribution in [0.3, 0.4) is 0 Å². The summed E-state index contributed by atoms with van der Waals surface area (Å²) in [6.07, 6.45) is 2.37. The Morgan fingerprint density at radius 3 is 2.64 bits per heavy atom. The van der Waals surface area contributed by atoms with E-state index >= 15 is 0 Å². The van der Waals surface area contributed by atoms with Crippen molar-refractivity contribution in [1.29, 1.82) is 5.26 Å². The van der Waals surface area contributed by atoms with Crippen molar-refractivity contribution in [3.63, 3.8) is 0 Å². The number of carbonyl (C=O) groups excluding carboxylic acids is 1. The molecule has 1 saturated carbocycles. The predicted molar refractivity (Wildman–Crippen MR) is 80.8 cm³/mol. The molecule has 1 aromatic rings. The number of ether oxygens (including phenoxy) is 1. The first kappa shape index (κ1) is 15.1. The van der Waals surface area contributed by atoms with Crippen LogP contribution in [0.4, 0.5) is 0 Å². The zero-order chi connectivity index (χ0) is 15.9. The number of carbonyl (C=O) groups is 1. The van der Waals surface area contributed by atoms with Gasteiger partial charge in [-0.15, -0.1) is 0 Å². The third-order valence-corrected chi connectivity index (χ3v) is 4.89. The summed E-state index contributed by atoms with van der Waals surface area (Å²) in [4.78, 5) is 14.5. The van der Waals surface area contributed by atoms with Gasteiger partial charge in [0, 0.05) is 16.6 Å². The normalized spacial score (nSPS) is 27.5. The molecule has 1 fully saturated rings. The number of hydrogen-bond acceptors (Lipinski definition) is 4. The van der Waals surface area contributed by atoms with Gasteiger partial charge < -0.3 is 14.7 Å². The molecular weight excluding hydrogens is 304 g/mol. The quantitative estimate of drug-likeness (QED) is 0.909. The van der Waals surface area contributed by atoms with Gasteiger partial charge >= 0.3 is 0 Å². The molecule has 0 saturated heterocycles. The number of methoxy groups -OCH3 is 1. The molecule has 5 nitrogen and oxygen atoms in total. The van der Waals surface area contributed by atoms with Crippen molar-refractivity contribution in [1.82, 2.24) is 4.90 Å². The number of nitriles is 1.